The molecular weight excluding hydrogens is 384 g/mol. The van der Waals surface area contributed by atoms with Gasteiger partial charge in [-0.3, -0.25) is 9.69 Å². The van der Waals surface area contributed by atoms with E-state index < -0.39 is 0 Å². The van der Waals surface area contributed by atoms with Crippen molar-refractivity contribution < 1.29 is 14.6 Å². The quantitative estimate of drug-likeness (QED) is 0.609. The monoisotopic (exact) mass is 402 g/mol. The number of amides is 1. The molecule has 5 nitrogen and oxygen atoms in total. The number of aliphatic imine (C=N–C) groups is 1. The fraction of sp³-hybridized carbons (Fsp3) is 0.0435. The Kier molecular flexibility index (Phi) is 5.35. The summed E-state index contributed by atoms with van der Waals surface area (Å²) in [5.74, 6) is 0.258. The Labute approximate surface area is 173 Å². The van der Waals surface area contributed by atoms with Crippen LogP contribution in [0.25, 0.3) is 6.08 Å². The van der Waals surface area contributed by atoms with Crippen LogP contribution in [0.3, 0.4) is 0 Å². The molecule has 1 amide bonds. The Morgan fingerprint density at radius 2 is 1.69 bits per heavy atom. The topological polar surface area (TPSA) is 62.1 Å². The average molecular weight is 402 g/mol. The molecule has 1 saturated heterocycles. The second kappa shape index (κ2) is 8.24. The van der Waals surface area contributed by atoms with Gasteiger partial charge in [0.2, 0.25) is 0 Å². The zero-order valence-corrected chi connectivity index (χ0v) is 16.5. The summed E-state index contributed by atoms with van der Waals surface area (Å²) in [4.78, 5) is 20.0. The van der Waals surface area contributed by atoms with Crippen LogP contribution in [0, 0.1) is 0 Å². The van der Waals surface area contributed by atoms with Crippen molar-refractivity contribution in [2.75, 3.05) is 12.0 Å². The van der Waals surface area contributed by atoms with Gasteiger partial charge in [0.15, 0.2) is 16.7 Å². The Bertz CT molecular complexity index is 1100. The van der Waals surface area contributed by atoms with Crippen molar-refractivity contribution in [3.05, 3.63) is 89.3 Å². The van der Waals surface area contributed by atoms with Crippen LogP contribution in [-0.4, -0.2) is 23.3 Å². The van der Waals surface area contributed by atoms with Crippen LogP contribution in [0.15, 0.2) is 88.8 Å². The smallest absolute Gasteiger partial charge is 0.271 e. The van der Waals surface area contributed by atoms with Crippen molar-refractivity contribution in [3.8, 4) is 11.5 Å². The average Bonchev–Trinajstić information content (AvgIpc) is 3.05. The summed E-state index contributed by atoms with van der Waals surface area (Å²) in [5, 5.41) is 10.4. The first-order chi connectivity index (χ1) is 14.2. The number of methoxy groups -OCH3 is 1. The Morgan fingerprint density at radius 1 is 1.00 bits per heavy atom. The summed E-state index contributed by atoms with van der Waals surface area (Å²) >= 11 is 1.31. The summed E-state index contributed by atoms with van der Waals surface area (Å²) in [7, 11) is 1.49. The maximum Gasteiger partial charge on any atom is 0.271 e. The number of carbonyl (C=O) groups is 1. The van der Waals surface area contributed by atoms with E-state index in [9.17, 15) is 9.90 Å². The number of rotatable bonds is 4. The van der Waals surface area contributed by atoms with E-state index in [-0.39, 0.29) is 11.7 Å². The predicted molar refractivity (Wildman–Crippen MR) is 118 cm³/mol. The van der Waals surface area contributed by atoms with Crippen LogP contribution < -0.4 is 9.64 Å². The zero-order chi connectivity index (χ0) is 20.2. The lowest BCUT2D eigenvalue weighted by Gasteiger charge is -2.15. The van der Waals surface area contributed by atoms with Crippen LogP contribution in [0.4, 0.5) is 11.4 Å². The van der Waals surface area contributed by atoms with Crippen LogP contribution in [-0.2, 0) is 4.79 Å². The minimum atomic E-state index is -0.150. The van der Waals surface area contributed by atoms with Gasteiger partial charge in [-0.2, -0.15) is 0 Å². The maximum absolute atomic E-state index is 13.2. The predicted octanol–water partition coefficient (Wildman–Crippen LogP) is 5.21. The minimum absolute atomic E-state index is 0.0530. The van der Waals surface area contributed by atoms with Crippen LogP contribution in [0.1, 0.15) is 5.56 Å². The number of hydrogen-bond donors (Lipinski definition) is 1. The summed E-state index contributed by atoms with van der Waals surface area (Å²) in [6.07, 6.45) is 1.78. The minimum Gasteiger partial charge on any atom is -0.504 e. The molecule has 0 bridgehead atoms. The molecule has 144 valence electrons. The second-order valence-corrected chi connectivity index (χ2v) is 7.26. The van der Waals surface area contributed by atoms with Gasteiger partial charge in [-0.05, 0) is 59.8 Å². The lowest BCUT2D eigenvalue weighted by Crippen LogP contribution is -2.28. The van der Waals surface area contributed by atoms with Crippen molar-refractivity contribution in [1.82, 2.24) is 0 Å². The molecule has 0 saturated carbocycles. The molecule has 0 atom stereocenters. The number of thioether (sulfide) groups is 1. The van der Waals surface area contributed by atoms with E-state index in [0.717, 1.165) is 16.9 Å². The van der Waals surface area contributed by atoms with E-state index >= 15 is 0 Å². The number of phenols is 1. The maximum atomic E-state index is 13.2. The number of anilines is 1. The lowest BCUT2D eigenvalue weighted by atomic mass is 10.2. The number of hydrogen-bond acceptors (Lipinski definition) is 5. The third kappa shape index (κ3) is 4.02. The molecule has 1 N–H and O–H groups in total. The molecule has 6 heteroatoms. The van der Waals surface area contributed by atoms with Gasteiger partial charge in [-0.25, -0.2) is 4.99 Å². The van der Waals surface area contributed by atoms with Crippen molar-refractivity contribution in [1.29, 1.82) is 0 Å². The first-order valence-electron chi connectivity index (χ1n) is 8.95. The highest BCUT2D eigenvalue weighted by molar-refractivity contribution is 8.19. The van der Waals surface area contributed by atoms with Crippen molar-refractivity contribution in [3.63, 3.8) is 0 Å². The Morgan fingerprint density at radius 3 is 2.38 bits per heavy atom. The summed E-state index contributed by atoms with van der Waals surface area (Å²) < 4.78 is 5.16. The number of ether oxygens (including phenoxy) is 1. The number of carbonyl (C=O) groups excluding carboxylic acids is 1. The molecule has 3 aromatic carbocycles. The molecule has 0 radical (unpaired) electrons. The number of aromatic hydroxyl groups is 1. The van der Waals surface area contributed by atoms with E-state index in [1.165, 1.54) is 18.9 Å². The van der Waals surface area contributed by atoms with Gasteiger partial charge in [0, 0.05) is 0 Å². The van der Waals surface area contributed by atoms with Crippen molar-refractivity contribution in [2.24, 2.45) is 4.99 Å². The highest BCUT2D eigenvalue weighted by atomic mass is 32.2. The largest absolute Gasteiger partial charge is 0.504 e. The van der Waals surface area contributed by atoms with Gasteiger partial charge in [-0.1, -0.05) is 42.5 Å². The van der Waals surface area contributed by atoms with Crippen LogP contribution in [0.2, 0.25) is 0 Å². The molecule has 0 aromatic heterocycles. The molecule has 4 rings (SSSR count). The number of amidine groups is 1. The molecule has 1 aliphatic heterocycles. The number of nitrogens with zero attached hydrogens (tertiary/aromatic N) is 2. The van der Waals surface area contributed by atoms with Crippen molar-refractivity contribution in [2.45, 2.75) is 0 Å². The van der Waals surface area contributed by atoms with E-state index in [0.29, 0.717) is 15.8 Å². The summed E-state index contributed by atoms with van der Waals surface area (Å²) in [6, 6.07) is 24.0. The van der Waals surface area contributed by atoms with Crippen LogP contribution in [0.5, 0.6) is 11.5 Å². The third-order valence-electron chi connectivity index (χ3n) is 4.30. The van der Waals surface area contributed by atoms with Crippen molar-refractivity contribution >= 4 is 40.3 Å². The molecule has 1 fully saturated rings. The molecule has 0 aliphatic carbocycles. The Hall–Kier alpha value is -3.51. The molecule has 29 heavy (non-hydrogen) atoms. The standard InChI is InChI=1S/C23H18N2O3S/c1-28-20-14-16(12-13-19(20)26)15-21-22(27)25(18-10-6-3-7-11-18)23(29-21)24-17-8-4-2-5-9-17/h2-15,26H,1H3/b21-15+,24-23+. The summed E-state index contributed by atoms with van der Waals surface area (Å²) in [6.45, 7) is 0. The molecule has 1 aliphatic rings. The molecular formula is C23H18N2O3S. The van der Waals surface area contributed by atoms with Gasteiger partial charge in [0.1, 0.15) is 0 Å². The van der Waals surface area contributed by atoms with Crippen LogP contribution >= 0.6 is 11.8 Å². The highest BCUT2D eigenvalue weighted by Crippen LogP contribution is 2.38. The zero-order valence-electron chi connectivity index (χ0n) is 15.6. The van der Waals surface area contributed by atoms with E-state index in [1.54, 1.807) is 29.2 Å². The summed E-state index contributed by atoms with van der Waals surface area (Å²) in [5.41, 5.74) is 2.28. The SMILES string of the molecule is COc1cc(/C=C2/S/C(=N/c3ccccc3)N(c3ccccc3)C2=O)ccc1O. The van der Waals surface area contributed by atoms with E-state index in [1.807, 2.05) is 60.7 Å². The first kappa shape index (κ1) is 18.8. The lowest BCUT2D eigenvalue weighted by molar-refractivity contribution is -0.113. The van der Waals surface area contributed by atoms with E-state index in [2.05, 4.69) is 4.99 Å². The molecule has 0 spiro atoms. The fourth-order valence-corrected chi connectivity index (χ4v) is 3.90. The normalized spacial score (nSPS) is 16.6. The fourth-order valence-electron chi connectivity index (χ4n) is 2.90. The van der Waals surface area contributed by atoms with Gasteiger partial charge < -0.3 is 9.84 Å². The third-order valence-corrected chi connectivity index (χ3v) is 5.27. The number of benzene rings is 3. The number of phenolic OH excluding ortho intramolecular Hbond substituents is 1. The number of para-hydroxylation sites is 2. The molecule has 0 unspecified atom stereocenters. The first-order valence-corrected chi connectivity index (χ1v) is 9.77. The second-order valence-electron chi connectivity index (χ2n) is 6.25. The van der Waals surface area contributed by atoms with Gasteiger partial charge in [0.05, 0.1) is 23.4 Å². The van der Waals surface area contributed by atoms with Gasteiger partial charge >= 0.3 is 0 Å². The molecule has 3 aromatic rings. The Balaban J connectivity index is 1.76. The van der Waals surface area contributed by atoms with Gasteiger partial charge in [-0.15, -0.1) is 0 Å². The highest BCUT2D eigenvalue weighted by Gasteiger charge is 2.34. The molecule has 1 heterocycles. The van der Waals surface area contributed by atoms with E-state index in [4.69, 9.17) is 4.74 Å². The van der Waals surface area contributed by atoms with Gasteiger partial charge in [0.25, 0.3) is 5.91 Å².